The van der Waals surface area contributed by atoms with Crippen molar-refractivity contribution in [3.63, 3.8) is 0 Å². The standard InChI is InChI=1S/C21H25N5O.C7H6O2/c1-22-19-12-17-18(13-23-19)26-20(25-17)14-8-10-16(11-9-14)24-21(27)15-6-4-2-3-5-7-15;8-5-6-1-3-7(9)4-2-6/h8-13,15H,2-7H2,1H3,(H,22,23)(H,24,27)(H,25,26);1-5,9H. The first-order chi connectivity index (χ1) is 17.6. The molecule has 1 fully saturated rings. The first-order valence-electron chi connectivity index (χ1n) is 12.2. The normalized spacial score (nSPS) is 13.8. The van der Waals surface area contributed by atoms with Crippen LogP contribution >= 0.6 is 0 Å². The molecule has 1 aliphatic rings. The van der Waals surface area contributed by atoms with E-state index >= 15 is 0 Å². The molecule has 1 amide bonds. The number of hydrogen-bond donors (Lipinski definition) is 4. The molecule has 4 aromatic rings. The number of aromatic nitrogens is 3. The maximum atomic E-state index is 12.5. The van der Waals surface area contributed by atoms with E-state index in [0.717, 1.165) is 65.9 Å². The molecule has 0 radical (unpaired) electrons. The third-order valence-electron chi connectivity index (χ3n) is 6.30. The highest BCUT2D eigenvalue weighted by Crippen LogP contribution is 2.26. The molecule has 0 unspecified atom stereocenters. The van der Waals surface area contributed by atoms with Gasteiger partial charge in [-0.05, 0) is 61.4 Å². The minimum atomic E-state index is 0.149. The largest absolute Gasteiger partial charge is 0.508 e. The first kappa shape index (κ1) is 24.9. The highest BCUT2D eigenvalue weighted by atomic mass is 16.3. The molecule has 8 heteroatoms. The van der Waals surface area contributed by atoms with Crippen LogP contribution in [0.5, 0.6) is 5.75 Å². The number of nitrogens with one attached hydrogen (secondary N) is 3. The fraction of sp³-hybridized carbons (Fsp3) is 0.286. The number of fused-ring (bicyclic) bond motifs is 1. The van der Waals surface area contributed by atoms with Gasteiger partial charge in [-0.1, -0.05) is 25.7 Å². The molecule has 0 saturated heterocycles. The molecular weight excluding hydrogens is 454 g/mol. The number of hydrogen-bond acceptors (Lipinski definition) is 6. The molecule has 8 nitrogen and oxygen atoms in total. The fourth-order valence-electron chi connectivity index (χ4n) is 4.23. The Hall–Kier alpha value is -4.20. The van der Waals surface area contributed by atoms with Crippen molar-refractivity contribution in [2.45, 2.75) is 38.5 Å². The van der Waals surface area contributed by atoms with Gasteiger partial charge in [-0.3, -0.25) is 9.59 Å². The van der Waals surface area contributed by atoms with E-state index in [-0.39, 0.29) is 17.6 Å². The zero-order valence-electron chi connectivity index (χ0n) is 20.3. The summed E-state index contributed by atoms with van der Waals surface area (Å²) in [5.74, 6) is 2.06. The molecule has 2 aromatic carbocycles. The third-order valence-corrected chi connectivity index (χ3v) is 6.30. The molecular formula is C28H31N5O3. The Kier molecular flexibility index (Phi) is 8.28. The predicted molar refractivity (Wildman–Crippen MR) is 142 cm³/mol. The lowest BCUT2D eigenvalue weighted by atomic mass is 9.99. The Morgan fingerprint density at radius 3 is 2.36 bits per heavy atom. The summed E-state index contributed by atoms with van der Waals surface area (Å²) in [5, 5.41) is 14.8. The molecule has 0 atom stereocenters. The van der Waals surface area contributed by atoms with Crippen molar-refractivity contribution in [1.29, 1.82) is 0 Å². The van der Waals surface area contributed by atoms with Gasteiger partial charge < -0.3 is 20.7 Å². The van der Waals surface area contributed by atoms with E-state index in [2.05, 4.69) is 25.6 Å². The second kappa shape index (κ2) is 12.0. The summed E-state index contributed by atoms with van der Waals surface area (Å²) in [6.07, 6.45) is 9.35. The molecule has 186 valence electrons. The van der Waals surface area contributed by atoms with Crippen molar-refractivity contribution < 1.29 is 14.7 Å². The number of rotatable bonds is 5. The number of phenols is 1. The van der Waals surface area contributed by atoms with Gasteiger partial charge in [0.05, 0.1) is 17.2 Å². The van der Waals surface area contributed by atoms with Crippen LogP contribution in [0.1, 0.15) is 48.9 Å². The predicted octanol–water partition coefficient (Wildman–Crippen LogP) is 5.78. The van der Waals surface area contributed by atoms with Crippen molar-refractivity contribution >= 4 is 34.7 Å². The molecule has 5 rings (SSSR count). The summed E-state index contributed by atoms with van der Waals surface area (Å²) in [6, 6.07) is 15.8. The van der Waals surface area contributed by atoms with Crippen molar-refractivity contribution in [2.24, 2.45) is 5.92 Å². The highest BCUT2D eigenvalue weighted by Gasteiger charge is 2.20. The number of aldehydes is 1. The zero-order valence-corrected chi connectivity index (χ0v) is 20.3. The second-order valence-corrected chi connectivity index (χ2v) is 8.89. The average Bonchev–Trinajstić information content (AvgIpc) is 3.14. The van der Waals surface area contributed by atoms with Crippen molar-refractivity contribution in [3.8, 4) is 17.1 Å². The van der Waals surface area contributed by atoms with Crippen molar-refractivity contribution in [1.82, 2.24) is 15.0 Å². The Morgan fingerprint density at radius 2 is 1.72 bits per heavy atom. The van der Waals surface area contributed by atoms with Gasteiger partial charge in [-0.25, -0.2) is 9.97 Å². The van der Waals surface area contributed by atoms with Crippen LogP contribution in [0, 0.1) is 5.92 Å². The number of phenolic OH excluding ortho intramolecular Hbond substituents is 1. The number of benzene rings is 2. The van der Waals surface area contributed by atoms with Crippen LogP contribution < -0.4 is 10.6 Å². The Balaban J connectivity index is 0.000000286. The minimum Gasteiger partial charge on any atom is -0.508 e. The summed E-state index contributed by atoms with van der Waals surface area (Å²) in [4.78, 5) is 34.8. The number of H-pyrrole nitrogens is 1. The van der Waals surface area contributed by atoms with Crippen LogP contribution in [0.25, 0.3) is 22.4 Å². The van der Waals surface area contributed by atoms with E-state index in [9.17, 15) is 9.59 Å². The van der Waals surface area contributed by atoms with E-state index in [4.69, 9.17) is 5.11 Å². The SMILES string of the molecule is CNc1cc2nc(-c3ccc(NC(=O)C4CCCCCC4)cc3)[nH]c2cn1.O=Cc1ccc(O)cc1. The van der Waals surface area contributed by atoms with Gasteiger partial charge in [0, 0.05) is 35.8 Å². The zero-order chi connectivity index (χ0) is 25.3. The lowest BCUT2D eigenvalue weighted by molar-refractivity contribution is -0.120. The lowest BCUT2D eigenvalue weighted by Gasteiger charge is -2.14. The Labute approximate surface area is 210 Å². The average molecular weight is 486 g/mol. The molecule has 4 N–H and O–H groups in total. The summed E-state index contributed by atoms with van der Waals surface area (Å²) in [7, 11) is 1.84. The molecule has 36 heavy (non-hydrogen) atoms. The van der Waals surface area contributed by atoms with Gasteiger partial charge in [-0.15, -0.1) is 0 Å². The molecule has 0 spiro atoms. The third kappa shape index (κ3) is 6.47. The molecule has 2 aromatic heterocycles. The number of amides is 1. The van der Waals surface area contributed by atoms with Gasteiger partial charge in [-0.2, -0.15) is 0 Å². The van der Waals surface area contributed by atoms with Gasteiger partial charge >= 0.3 is 0 Å². The monoisotopic (exact) mass is 485 g/mol. The number of nitrogens with zero attached hydrogens (tertiary/aromatic N) is 2. The maximum Gasteiger partial charge on any atom is 0.227 e. The molecule has 2 heterocycles. The summed E-state index contributed by atoms with van der Waals surface area (Å²) in [6.45, 7) is 0. The fourth-order valence-corrected chi connectivity index (χ4v) is 4.23. The summed E-state index contributed by atoms with van der Waals surface area (Å²) in [5.41, 5.74) is 4.16. The van der Waals surface area contributed by atoms with Crippen LogP contribution in [0.15, 0.2) is 60.8 Å². The van der Waals surface area contributed by atoms with E-state index in [1.807, 2.05) is 37.4 Å². The number of imidazole rings is 1. The van der Waals surface area contributed by atoms with Crippen LogP contribution in [0.2, 0.25) is 0 Å². The second-order valence-electron chi connectivity index (χ2n) is 8.89. The van der Waals surface area contributed by atoms with E-state index in [1.165, 1.54) is 25.0 Å². The van der Waals surface area contributed by atoms with E-state index < -0.39 is 0 Å². The Morgan fingerprint density at radius 1 is 1.03 bits per heavy atom. The van der Waals surface area contributed by atoms with Crippen LogP contribution in [0.4, 0.5) is 11.5 Å². The number of pyridine rings is 1. The maximum absolute atomic E-state index is 12.5. The van der Waals surface area contributed by atoms with Gasteiger partial charge in [0.2, 0.25) is 5.91 Å². The van der Waals surface area contributed by atoms with Crippen LogP contribution in [0.3, 0.4) is 0 Å². The number of aromatic amines is 1. The Bertz CT molecular complexity index is 1290. The minimum absolute atomic E-state index is 0.149. The molecule has 0 aliphatic heterocycles. The number of carbonyl (C=O) groups excluding carboxylic acids is 2. The van der Waals surface area contributed by atoms with Gasteiger partial charge in [0.25, 0.3) is 0 Å². The van der Waals surface area contributed by atoms with Gasteiger partial charge in [0.15, 0.2) is 0 Å². The van der Waals surface area contributed by atoms with Crippen LogP contribution in [-0.4, -0.2) is 39.3 Å². The topological polar surface area (TPSA) is 120 Å². The first-order valence-corrected chi connectivity index (χ1v) is 12.2. The van der Waals surface area contributed by atoms with Gasteiger partial charge in [0.1, 0.15) is 23.7 Å². The highest BCUT2D eigenvalue weighted by molar-refractivity contribution is 5.92. The summed E-state index contributed by atoms with van der Waals surface area (Å²) < 4.78 is 0. The number of anilines is 2. The molecule has 1 aliphatic carbocycles. The lowest BCUT2D eigenvalue weighted by Crippen LogP contribution is -2.22. The van der Waals surface area contributed by atoms with E-state index in [1.54, 1.807) is 18.3 Å². The number of aromatic hydroxyl groups is 1. The quantitative estimate of drug-likeness (QED) is 0.210. The number of carbonyl (C=O) groups is 2. The van der Waals surface area contributed by atoms with Crippen molar-refractivity contribution in [2.75, 3.05) is 17.7 Å². The van der Waals surface area contributed by atoms with E-state index in [0.29, 0.717) is 5.56 Å². The van der Waals surface area contributed by atoms with Crippen molar-refractivity contribution in [3.05, 3.63) is 66.4 Å². The smallest absolute Gasteiger partial charge is 0.227 e. The molecule has 0 bridgehead atoms. The summed E-state index contributed by atoms with van der Waals surface area (Å²) >= 11 is 0. The van der Waals surface area contributed by atoms with Crippen LogP contribution in [-0.2, 0) is 4.79 Å². The molecule has 1 saturated carbocycles.